The van der Waals surface area contributed by atoms with Crippen LogP contribution in [-0.2, 0) is 22.5 Å². The Labute approximate surface area is 189 Å². The van der Waals surface area contributed by atoms with E-state index >= 15 is 0 Å². The van der Waals surface area contributed by atoms with Gasteiger partial charge in [-0.25, -0.2) is 4.98 Å². The van der Waals surface area contributed by atoms with Crippen molar-refractivity contribution in [1.82, 2.24) is 14.9 Å². The van der Waals surface area contributed by atoms with Crippen LogP contribution in [-0.4, -0.2) is 48.9 Å². The lowest BCUT2D eigenvalue weighted by molar-refractivity contribution is -0.124. The fourth-order valence-electron chi connectivity index (χ4n) is 3.65. The van der Waals surface area contributed by atoms with Crippen molar-refractivity contribution in [2.45, 2.75) is 39.2 Å². The molecule has 0 radical (unpaired) electrons. The lowest BCUT2D eigenvalue weighted by Gasteiger charge is -2.13. The van der Waals surface area contributed by atoms with Crippen molar-refractivity contribution in [2.75, 3.05) is 33.5 Å². The number of ether oxygens (including phenoxy) is 3. The molecule has 3 rings (SSSR count). The quantitative estimate of drug-likeness (QED) is 0.385. The van der Waals surface area contributed by atoms with E-state index in [1.807, 2.05) is 49.4 Å². The van der Waals surface area contributed by atoms with Crippen LogP contribution in [0.5, 0.6) is 11.5 Å². The van der Waals surface area contributed by atoms with Crippen molar-refractivity contribution < 1.29 is 19.0 Å². The van der Waals surface area contributed by atoms with Crippen LogP contribution in [0.3, 0.4) is 0 Å². The van der Waals surface area contributed by atoms with Gasteiger partial charge >= 0.3 is 0 Å². The van der Waals surface area contributed by atoms with Gasteiger partial charge in [-0.05, 0) is 44.0 Å². The number of para-hydroxylation sites is 4. The molecule has 0 unspecified atom stereocenters. The molecule has 0 bridgehead atoms. The number of unbranched alkanes of at least 4 members (excludes halogenated alkanes) is 2. The molecule has 1 aromatic heterocycles. The smallest absolute Gasteiger partial charge is 0.245 e. The van der Waals surface area contributed by atoms with E-state index in [2.05, 4.69) is 16.0 Å². The SMILES string of the molecule is CCOc1ccccc1OCCn1c(CCCCCNC(=O)COC)nc2ccccc21. The number of aryl methyl sites for hydroxylation is 1. The second-order valence-electron chi connectivity index (χ2n) is 7.49. The fourth-order valence-corrected chi connectivity index (χ4v) is 3.65. The summed E-state index contributed by atoms with van der Waals surface area (Å²) in [6.45, 7) is 4.60. The van der Waals surface area contributed by atoms with Gasteiger partial charge in [0.05, 0.1) is 24.2 Å². The molecule has 0 spiro atoms. The number of aromatic nitrogens is 2. The summed E-state index contributed by atoms with van der Waals surface area (Å²) < 4.78 is 18.8. The van der Waals surface area contributed by atoms with Gasteiger partial charge in [-0.2, -0.15) is 0 Å². The van der Waals surface area contributed by atoms with Gasteiger partial charge < -0.3 is 24.1 Å². The summed E-state index contributed by atoms with van der Waals surface area (Å²) in [7, 11) is 1.52. The highest BCUT2D eigenvalue weighted by Gasteiger charge is 2.11. The Bertz CT molecular complexity index is 986. The second-order valence-corrected chi connectivity index (χ2v) is 7.49. The van der Waals surface area contributed by atoms with Gasteiger partial charge in [0.25, 0.3) is 0 Å². The first-order valence-corrected chi connectivity index (χ1v) is 11.3. The van der Waals surface area contributed by atoms with Crippen molar-refractivity contribution in [2.24, 2.45) is 0 Å². The molecule has 32 heavy (non-hydrogen) atoms. The third-order valence-electron chi connectivity index (χ3n) is 5.13. The minimum absolute atomic E-state index is 0.0693. The number of methoxy groups -OCH3 is 1. The molecular formula is C25H33N3O4. The number of carbonyl (C=O) groups excluding carboxylic acids is 1. The van der Waals surface area contributed by atoms with Crippen LogP contribution < -0.4 is 14.8 Å². The standard InChI is InChI=1S/C25H33N3O4/c1-3-31-22-13-8-9-14-23(22)32-18-17-28-21-12-7-6-11-20(21)27-24(28)15-5-4-10-16-26-25(29)19-30-2/h6-9,11-14H,3-5,10,15-19H2,1-2H3,(H,26,29). The third-order valence-corrected chi connectivity index (χ3v) is 5.13. The summed E-state index contributed by atoms with van der Waals surface area (Å²) in [6.07, 6.45) is 3.86. The lowest BCUT2D eigenvalue weighted by atomic mass is 10.2. The molecule has 3 aromatic rings. The van der Waals surface area contributed by atoms with Crippen LogP contribution in [0.2, 0.25) is 0 Å². The first-order valence-electron chi connectivity index (χ1n) is 11.3. The van der Waals surface area contributed by atoms with Crippen molar-refractivity contribution in [3.05, 3.63) is 54.4 Å². The molecule has 0 saturated carbocycles. The number of imidazole rings is 1. The van der Waals surface area contributed by atoms with Crippen molar-refractivity contribution in [1.29, 1.82) is 0 Å². The number of benzene rings is 2. The molecule has 0 atom stereocenters. The number of hydrogen-bond donors (Lipinski definition) is 1. The number of nitrogens with zero attached hydrogens (tertiary/aromatic N) is 2. The van der Waals surface area contributed by atoms with Gasteiger partial charge in [0.1, 0.15) is 19.0 Å². The van der Waals surface area contributed by atoms with Crippen LogP contribution in [0.15, 0.2) is 48.5 Å². The molecule has 7 heteroatoms. The highest BCUT2D eigenvalue weighted by molar-refractivity contribution is 5.77. The summed E-state index contributed by atoms with van der Waals surface area (Å²) in [6, 6.07) is 16.0. The number of fused-ring (bicyclic) bond motifs is 1. The van der Waals surface area contributed by atoms with Crippen LogP contribution in [0, 0.1) is 0 Å². The van der Waals surface area contributed by atoms with Crippen molar-refractivity contribution in [3.63, 3.8) is 0 Å². The molecular weight excluding hydrogens is 406 g/mol. The van der Waals surface area contributed by atoms with Crippen LogP contribution in [0.4, 0.5) is 0 Å². The second kappa shape index (κ2) is 12.7. The van der Waals surface area contributed by atoms with Gasteiger partial charge in [-0.3, -0.25) is 4.79 Å². The molecule has 0 fully saturated rings. The number of amides is 1. The van der Waals surface area contributed by atoms with E-state index in [0.717, 1.165) is 54.0 Å². The average molecular weight is 440 g/mol. The molecule has 0 saturated heterocycles. The molecule has 1 heterocycles. The predicted octanol–water partition coefficient (Wildman–Crippen LogP) is 3.99. The molecule has 0 aliphatic heterocycles. The van der Waals surface area contributed by atoms with Gasteiger partial charge in [-0.1, -0.05) is 30.7 Å². The molecule has 1 amide bonds. The zero-order chi connectivity index (χ0) is 22.6. The molecule has 0 aliphatic carbocycles. The van der Waals surface area contributed by atoms with E-state index < -0.39 is 0 Å². The summed E-state index contributed by atoms with van der Waals surface area (Å²) in [5, 5.41) is 2.86. The Morgan fingerprint density at radius 2 is 1.75 bits per heavy atom. The van der Waals surface area contributed by atoms with Crippen molar-refractivity contribution in [3.8, 4) is 11.5 Å². The fraction of sp³-hybridized carbons (Fsp3) is 0.440. The van der Waals surface area contributed by atoms with E-state index in [9.17, 15) is 4.79 Å². The Hall–Kier alpha value is -3.06. The highest BCUT2D eigenvalue weighted by atomic mass is 16.5. The Kier molecular flexibility index (Phi) is 9.37. The van der Waals surface area contributed by atoms with E-state index in [-0.39, 0.29) is 12.5 Å². The first-order chi connectivity index (χ1) is 15.7. The van der Waals surface area contributed by atoms with E-state index in [1.165, 1.54) is 7.11 Å². The summed E-state index contributed by atoms with van der Waals surface area (Å²) in [4.78, 5) is 16.3. The maximum atomic E-state index is 11.4. The zero-order valence-corrected chi connectivity index (χ0v) is 19.0. The average Bonchev–Trinajstić information content (AvgIpc) is 3.15. The zero-order valence-electron chi connectivity index (χ0n) is 19.0. The van der Waals surface area contributed by atoms with E-state index in [4.69, 9.17) is 19.2 Å². The molecule has 0 aliphatic rings. The molecule has 1 N–H and O–H groups in total. The number of nitrogens with one attached hydrogen (secondary N) is 1. The Morgan fingerprint density at radius 1 is 1.00 bits per heavy atom. The maximum Gasteiger partial charge on any atom is 0.245 e. The van der Waals surface area contributed by atoms with Gasteiger partial charge in [0.15, 0.2) is 11.5 Å². The first kappa shape index (κ1) is 23.6. The van der Waals surface area contributed by atoms with Gasteiger partial charge in [0, 0.05) is 20.1 Å². The minimum Gasteiger partial charge on any atom is -0.490 e. The minimum atomic E-state index is -0.0693. The third kappa shape index (κ3) is 6.72. The van der Waals surface area contributed by atoms with Crippen LogP contribution in [0.25, 0.3) is 11.0 Å². The predicted molar refractivity (Wildman–Crippen MR) is 125 cm³/mol. The molecule has 172 valence electrons. The van der Waals surface area contributed by atoms with Crippen LogP contribution >= 0.6 is 0 Å². The summed E-state index contributed by atoms with van der Waals surface area (Å²) in [5.74, 6) is 2.52. The van der Waals surface area contributed by atoms with E-state index in [0.29, 0.717) is 26.3 Å². The molecule has 2 aromatic carbocycles. The Balaban J connectivity index is 1.55. The van der Waals surface area contributed by atoms with Crippen molar-refractivity contribution >= 4 is 16.9 Å². The summed E-state index contributed by atoms with van der Waals surface area (Å²) >= 11 is 0. The highest BCUT2D eigenvalue weighted by Crippen LogP contribution is 2.26. The topological polar surface area (TPSA) is 74.6 Å². The van der Waals surface area contributed by atoms with Crippen LogP contribution in [0.1, 0.15) is 32.0 Å². The summed E-state index contributed by atoms with van der Waals surface area (Å²) in [5.41, 5.74) is 2.13. The Morgan fingerprint density at radius 3 is 2.53 bits per heavy atom. The monoisotopic (exact) mass is 439 g/mol. The number of rotatable bonds is 14. The van der Waals surface area contributed by atoms with Gasteiger partial charge in [0.2, 0.25) is 5.91 Å². The molecule has 7 nitrogen and oxygen atoms in total. The lowest BCUT2D eigenvalue weighted by Crippen LogP contribution is -2.27. The normalized spacial score (nSPS) is 10.9. The number of carbonyl (C=O) groups is 1. The largest absolute Gasteiger partial charge is 0.490 e. The van der Waals surface area contributed by atoms with Gasteiger partial charge in [-0.15, -0.1) is 0 Å². The maximum absolute atomic E-state index is 11.4. The number of hydrogen-bond acceptors (Lipinski definition) is 5. The van der Waals surface area contributed by atoms with E-state index in [1.54, 1.807) is 0 Å².